The Labute approximate surface area is 189 Å². The number of rotatable bonds is 7. The Morgan fingerprint density at radius 1 is 0.879 bits per heavy atom. The maximum Gasteiger partial charge on any atom is 0.287 e. The van der Waals surface area contributed by atoms with E-state index in [4.69, 9.17) is 4.42 Å². The predicted octanol–water partition coefficient (Wildman–Crippen LogP) is 2.47. The van der Waals surface area contributed by atoms with E-state index >= 15 is 0 Å². The average Bonchev–Trinajstić information content (AvgIpc) is 3.56. The molecular formula is C24H21N5O4. The summed E-state index contributed by atoms with van der Waals surface area (Å²) in [5.74, 6) is -1.62. The normalized spacial score (nSPS) is 11.4. The van der Waals surface area contributed by atoms with E-state index in [2.05, 4.69) is 26.4 Å². The highest BCUT2D eigenvalue weighted by Gasteiger charge is 2.24. The minimum absolute atomic E-state index is 0.0794. The molecule has 9 nitrogen and oxygen atoms in total. The number of nitrogens with zero attached hydrogens (tertiary/aromatic N) is 1. The van der Waals surface area contributed by atoms with Crippen molar-refractivity contribution in [1.29, 1.82) is 0 Å². The van der Waals surface area contributed by atoms with E-state index in [-0.39, 0.29) is 17.9 Å². The Kier molecular flexibility index (Phi) is 6.60. The van der Waals surface area contributed by atoms with Crippen LogP contribution >= 0.6 is 0 Å². The smallest absolute Gasteiger partial charge is 0.287 e. The van der Waals surface area contributed by atoms with E-state index in [0.29, 0.717) is 5.69 Å². The fourth-order valence-corrected chi connectivity index (χ4v) is 3.16. The van der Waals surface area contributed by atoms with Gasteiger partial charge >= 0.3 is 0 Å². The van der Waals surface area contributed by atoms with Crippen LogP contribution in [0.2, 0.25) is 0 Å². The Bertz CT molecular complexity index is 1220. The molecule has 1 atom stereocenters. The van der Waals surface area contributed by atoms with Crippen molar-refractivity contribution in [1.82, 2.24) is 26.4 Å². The van der Waals surface area contributed by atoms with Gasteiger partial charge < -0.3 is 9.73 Å². The molecule has 2 aromatic heterocycles. The van der Waals surface area contributed by atoms with E-state index in [1.54, 1.807) is 12.1 Å². The first-order valence-electron chi connectivity index (χ1n) is 10.2. The molecule has 4 rings (SSSR count). The zero-order valence-electron chi connectivity index (χ0n) is 17.4. The summed E-state index contributed by atoms with van der Waals surface area (Å²) in [5.41, 5.74) is 7.18. The quantitative estimate of drug-likeness (QED) is 0.326. The molecule has 0 saturated carbocycles. The fourth-order valence-electron chi connectivity index (χ4n) is 3.16. The predicted molar refractivity (Wildman–Crippen MR) is 120 cm³/mol. The summed E-state index contributed by atoms with van der Waals surface area (Å²) in [6.07, 6.45) is 1.59. The summed E-state index contributed by atoms with van der Waals surface area (Å²) in [7, 11) is 0. The van der Waals surface area contributed by atoms with Crippen molar-refractivity contribution < 1.29 is 18.8 Å². The molecule has 0 aliphatic rings. The van der Waals surface area contributed by atoms with Crippen LogP contribution in [0.4, 0.5) is 0 Å². The van der Waals surface area contributed by atoms with E-state index < -0.39 is 23.8 Å². The van der Waals surface area contributed by atoms with Gasteiger partial charge in [0.05, 0.1) is 12.0 Å². The molecule has 0 unspecified atom stereocenters. The monoisotopic (exact) mass is 443 g/mol. The number of aromatic amines is 1. The summed E-state index contributed by atoms with van der Waals surface area (Å²) in [6, 6.07) is 22.3. The van der Waals surface area contributed by atoms with E-state index in [0.717, 1.165) is 11.1 Å². The summed E-state index contributed by atoms with van der Waals surface area (Å²) < 4.78 is 5.10. The van der Waals surface area contributed by atoms with Gasteiger partial charge in [-0.15, -0.1) is 0 Å². The van der Waals surface area contributed by atoms with Gasteiger partial charge in [-0.25, -0.2) is 0 Å². The average molecular weight is 443 g/mol. The molecule has 0 saturated heterocycles. The van der Waals surface area contributed by atoms with Crippen molar-refractivity contribution >= 4 is 17.7 Å². The maximum atomic E-state index is 12.8. The first kappa shape index (κ1) is 21.6. The third kappa shape index (κ3) is 5.53. The van der Waals surface area contributed by atoms with Gasteiger partial charge in [-0.1, -0.05) is 60.7 Å². The largest absolute Gasteiger partial charge is 0.459 e. The van der Waals surface area contributed by atoms with Crippen LogP contribution in [-0.4, -0.2) is 34.0 Å². The third-order valence-electron chi connectivity index (χ3n) is 4.84. The summed E-state index contributed by atoms with van der Waals surface area (Å²) in [5, 5.41) is 9.42. The molecule has 2 aromatic carbocycles. The molecule has 33 heavy (non-hydrogen) atoms. The number of benzene rings is 2. The molecule has 2 heterocycles. The summed E-state index contributed by atoms with van der Waals surface area (Å²) >= 11 is 0. The molecule has 0 fully saturated rings. The molecule has 4 N–H and O–H groups in total. The summed E-state index contributed by atoms with van der Waals surface area (Å²) in [4.78, 5) is 37.7. The summed E-state index contributed by atoms with van der Waals surface area (Å²) in [6.45, 7) is 0. The molecule has 0 radical (unpaired) electrons. The SMILES string of the molecule is O=C(NNC(=O)[C@H](Cc1ccccc1)NC(=O)c1ccco1)c1cc(-c2ccccc2)n[nH]1. The lowest BCUT2D eigenvalue weighted by Gasteiger charge is -2.18. The van der Waals surface area contributed by atoms with Crippen LogP contribution in [0.15, 0.2) is 89.5 Å². The Balaban J connectivity index is 1.41. The van der Waals surface area contributed by atoms with Gasteiger partial charge in [0.15, 0.2) is 5.76 Å². The van der Waals surface area contributed by atoms with Crippen molar-refractivity contribution in [2.45, 2.75) is 12.5 Å². The molecule has 9 heteroatoms. The lowest BCUT2D eigenvalue weighted by molar-refractivity contribution is -0.123. The number of nitrogens with one attached hydrogen (secondary N) is 4. The highest BCUT2D eigenvalue weighted by Crippen LogP contribution is 2.16. The van der Waals surface area contributed by atoms with Gasteiger partial charge in [-0.05, 0) is 23.8 Å². The second-order valence-corrected chi connectivity index (χ2v) is 7.17. The molecule has 0 aliphatic carbocycles. The van der Waals surface area contributed by atoms with Crippen molar-refractivity contribution in [3.8, 4) is 11.3 Å². The second kappa shape index (κ2) is 10.1. The van der Waals surface area contributed by atoms with Gasteiger partial charge in [0.25, 0.3) is 17.7 Å². The van der Waals surface area contributed by atoms with E-state index in [1.807, 2.05) is 60.7 Å². The molecular weight excluding hydrogens is 422 g/mol. The maximum absolute atomic E-state index is 12.8. The molecule has 0 spiro atoms. The molecule has 166 valence electrons. The second-order valence-electron chi connectivity index (χ2n) is 7.17. The number of hydrogen-bond donors (Lipinski definition) is 4. The van der Waals surface area contributed by atoms with Gasteiger partial charge in [0.2, 0.25) is 0 Å². The molecule has 0 bridgehead atoms. The Morgan fingerprint density at radius 3 is 2.30 bits per heavy atom. The van der Waals surface area contributed by atoms with Gasteiger partial charge in [0.1, 0.15) is 11.7 Å². The minimum Gasteiger partial charge on any atom is -0.459 e. The standard InChI is InChI=1S/C24H21N5O4/c30-22(28-29-23(31)20-15-18(26-27-20)17-10-5-2-6-11-17)19(14-16-8-3-1-4-9-16)25-24(32)21-12-7-13-33-21/h1-13,15,19H,14H2,(H,25,32)(H,26,27)(H,28,30)(H,29,31)/t19-/m0/s1. The highest BCUT2D eigenvalue weighted by molar-refractivity contribution is 5.97. The zero-order chi connectivity index (χ0) is 23.0. The lowest BCUT2D eigenvalue weighted by Crippen LogP contribution is -2.53. The van der Waals surface area contributed by atoms with Crippen LogP contribution in [0.3, 0.4) is 0 Å². The number of carbonyl (C=O) groups is 3. The number of carbonyl (C=O) groups excluding carboxylic acids is 3. The highest BCUT2D eigenvalue weighted by atomic mass is 16.3. The van der Waals surface area contributed by atoms with Crippen LogP contribution in [0.5, 0.6) is 0 Å². The first-order chi connectivity index (χ1) is 16.1. The number of aromatic nitrogens is 2. The number of H-pyrrole nitrogens is 1. The topological polar surface area (TPSA) is 129 Å². The van der Waals surface area contributed by atoms with Crippen molar-refractivity contribution in [3.63, 3.8) is 0 Å². The van der Waals surface area contributed by atoms with Crippen LogP contribution in [0, 0.1) is 0 Å². The van der Waals surface area contributed by atoms with E-state index in [1.165, 1.54) is 12.3 Å². The fraction of sp³-hybridized carbons (Fsp3) is 0.0833. The minimum atomic E-state index is -0.952. The van der Waals surface area contributed by atoms with Gasteiger partial charge in [0, 0.05) is 12.0 Å². The zero-order valence-corrected chi connectivity index (χ0v) is 17.4. The van der Waals surface area contributed by atoms with Crippen LogP contribution in [-0.2, 0) is 11.2 Å². The molecule has 0 aliphatic heterocycles. The number of furan rings is 1. The Morgan fingerprint density at radius 2 is 1.61 bits per heavy atom. The van der Waals surface area contributed by atoms with Gasteiger partial charge in [-0.2, -0.15) is 5.10 Å². The molecule has 4 aromatic rings. The number of hydrogen-bond acceptors (Lipinski definition) is 5. The number of amides is 3. The van der Waals surface area contributed by atoms with Crippen LogP contribution in [0.25, 0.3) is 11.3 Å². The molecule has 3 amide bonds. The Hall–Kier alpha value is -4.66. The van der Waals surface area contributed by atoms with Crippen molar-refractivity contribution in [2.24, 2.45) is 0 Å². The van der Waals surface area contributed by atoms with Crippen LogP contribution < -0.4 is 16.2 Å². The van der Waals surface area contributed by atoms with E-state index in [9.17, 15) is 14.4 Å². The van der Waals surface area contributed by atoms with Crippen LogP contribution in [0.1, 0.15) is 26.6 Å². The van der Waals surface area contributed by atoms with Gasteiger partial charge in [-0.3, -0.25) is 30.3 Å². The first-order valence-corrected chi connectivity index (χ1v) is 10.2. The third-order valence-corrected chi connectivity index (χ3v) is 4.84. The van der Waals surface area contributed by atoms with Crippen molar-refractivity contribution in [3.05, 3.63) is 102 Å². The lowest BCUT2D eigenvalue weighted by atomic mass is 10.1. The number of hydrazine groups is 1. The van der Waals surface area contributed by atoms with Crippen molar-refractivity contribution in [2.75, 3.05) is 0 Å².